The molecule has 1 aromatic rings. The molecule has 0 saturated carbocycles. The minimum absolute atomic E-state index is 0.0744. The lowest BCUT2D eigenvalue weighted by atomic mass is 10.1. The molecule has 2 aliphatic heterocycles. The number of amides is 2. The van der Waals surface area contributed by atoms with Crippen LogP contribution in [0.15, 0.2) is 18.2 Å². The second-order valence-corrected chi connectivity index (χ2v) is 7.66. The van der Waals surface area contributed by atoms with Crippen molar-refractivity contribution in [3.8, 4) is 0 Å². The Morgan fingerprint density at radius 3 is 2.65 bits per heavy atom. The zero-order valence-electron chi connectivity index (χ0n) is 14.5. The minimum atomic E-state index is -1.16. The van der Waals surface area contributed by atoms with E-state index >= 15 is 0 Å². The number of hydrogen-bond donors (Lipinski definition) is 2. The first kappa shape index (κ1) is 19.3. The van der Waals surface area contributed by atoms with Gasteiger partial charge in [0.1, 0.15) is 0 Å². The molecule has 142 valence electrons. The Hall–Kier alpha value is -1.50. The number of carbonyl (C=O) groups is 2. The van der Waals surface area contributed by atoms with Crippen LogP contribution in [0.1, 0.15) is 36.0 Å². The third kappa shape index (κ3) is 4.81. The van der Waals surface area contributed by atoms with Crippen molar-refractivity contribution in [1.82, 2.24) is 5.32 Å². The highest BCUT2D eigenvalue weighted by atomic mass is 35.5. The Kier molecular flexibility index (Phi) is 6.62. The number of nitrogens with one attached hydrogen (secondary N) is 2. The summed E-state index contributed by atoms with van der Waals surface area (Å²) in [6.45, 7) is 3.08. The van der Waals surface area contributed by atoms with Gasteiger partial charge in [0.05, 0.1) is 11.7 Å². The molecule has 0 radical (unpaired) electrons. The van der Waals surface area contributed by atoms with Crippen LogP contribution < -0.4 is 15.5 Å². The van der Waals surface area contributed by atoms with E-state index in [0.29, 0.717) is 17.8 Å². The minimum Gasteiger partial charge on any atom is -0.376 e. The number of benzene rings is 1. The normalized spacial score (nSPS) is 19.8. The topological polar surface area (TPSA) is 70.7 Å². The fraction of sp³-hybridized carbons (Fsp3) is 0.556. The number of carbonyl (C=O) groups excluding carboxylic acids is 2. The molecule has 2 heterocycles. The van der Waals surface area contributed by atoms with E-state index in [9.17, 15) is 9.59 Å². The van der Waals surface area contributed by atoms with Crippen LogP contribution >= 0.6 is 23.2 Å². The van der Waals surface area contributed by atoms with Gasteiger partial charge in [0.2, 0.25) is 0 Å². The number of hydrogen-bond acceptors (Lipinski definition) is 4. The van der Waals surface area contributed by atoms with Gasteiger partial charge in [-0.3, -0.25) is 9.59 Å². The molecule has 1 atom stereocenters. The molecular weight excluding hydrogens is 377 g/mol. The summed E-state index contributed by atoms with van der Waals surface area (Å²) in [4.78, 5) is 25.6. The highest BCUT2D eigenvalue weighted by Crippen LogP contribution is 2.28. The van der Waals surface area contributed by atoms with E-state index in [1.807, 2.05) is 6.07 Å². The van der Waals surface area contributed by atoms with Crippen LogP contribution in [0.25, 0.3) is 0 Å². The Balaban J connectivity index is 1.77. The first-order valence-corrected chi connectivity index (χ1v) is 9.79. The predicted molar refractivity (Wildman–Crippen MR) is 103 cm³/mol. The average Bonchev–Trinajstić information content (AvgIpc) is 3.33. The largest absolute Gasteiger partial charge is 0.376 e. The van der Waals surface area contributed by atoms with Crippen LogP contribution in [0, 0.1) is 0 Å². The van der Waals surface area contributed by atoms with E-state index in [1.165, 1.54) is 0 Å². The smallest absolute Gasteiger partial charge is 0.257 e. The summed E-state index contributed by atoms with van der Waals surface area (Å²) in [5.74, 6) is -0.695. The lowest BCUT2D eigenvalue weighted by Gasteiger charge is -2.22. The van der Waals surface area contributed by atoms with Crippen LogP contribution in [0.4, 0.5) is 11.4 Å². The van der Waals surface area contributed by atoms with Crippen molar-refractivity contribution in [3.63, 3.8) is 0 Å². The van der Waals surface area contributed by atoms with Gasteiger partial charge in [-0.1, -0.05) is 23.2 Å². The van der Waals surface area contributed by atoms with E-state index in [0.717, 1.165) is 51.1 Å². The van der Waals surface area contributed by atoms with Crippen LogP contribution in [0.3, 0.4) is 0 Å². The van der Waals surface area contributed by atoms with Gasteiger partial charge in [-0.25, -0.2) is 0 Å². The summed E-state index contributed by atoms with van der Waals surface area (Å²) in [6.07, 6.45) is 4.28. The highest BCUT2D eigenvalue weighted by Gasteiger charge is 2.22. The van der Waals surface area contributed by atoms with Gasteiger partial charge in [0.25, 0.3) is 11.8 Å². The molecule has 0 aromatic heterocycles. The van der Waals surface area contributed by atoms with Crippen LogP contribution in [-0.4, -0.2) is 49.0 Å². The summed E-state index contributed by atoms with van der Waals surface area (Å²) in [5, 5.41) is 5.58. The van der Waals surface area contributed by atoms with Gasteiger partial charge >= 0.3 is 0 Å². The van der Waals surface area contributed by atoms with E-state index in [4.69, 9.17) is 27.9 Å². The molecule has 26 heavy (non-hydrogen) atoms. The molecule has 2 fully saturated rings. The van der Waals surface area contributed by atoms with E-state index in [1.54, 1.807) is 12.1 Å². The molecule has 0 spiro atoms. The molecule has 2 aliphatic rings. The lowest BCUT2D eigenvalue weighted by molar-refractivity contribution is -0.114. The number of anilines is 2. The zero-order valence-corrected chi connectivity index (χ0v) is 16.0. The predicted octanol–water partition coefficient (Wildman–Crippen LogP) is 2.94. The third-order valence-corrected chi connectivity index (χ3v) is 5.06. The van der Waals surface area contributed by atoms with Crippen molar-refractivity contribution in [2.75, 3.05) is 36.5 Å². The van der Waals surface area contributed by atoms with Gasteiger partial charge in [-0.05, 0) is 43.9 Å². The van der Waals surface area contributed by atoms with Crippen molar-refractivity contribution < 1.29 is 14.3 Å². The summed E-state index contributed by atoms with van der Waals surface area (Å²) in [7, 11) is 0. The second kappa shape index (κ2) is 8.93. The van der Waals surface area contributed by atoms with Crippen molar-refractivity contribution in [1.29, 1.82) is 0 Å². The summed E-state index contributed by atoms with van der Waals surface area (Å²) in [5.41, 5.74) is 1.90. The SMILES string of the molecule is O=C(NCC1CCCO1)c1cc(NC(=O)C(Cl)Cl)ccc1N1CCCC1. The fourth-order valence-electron chi connectivity index (χ4n) is 3.33. The van der Waals surface area contributed by atoms with Crippen LogP contribution in [0.5, 0.6) is 0 Å². The third-order valence-electron chi connectivity index (χ3n) is 4.67. The molecule has 2 amide bonds. The molecule has 1 unspecified atom stereocenters. The van der Waals surface area contributed by atoms with E-state index < -0.39 is 10.7 Å². The molecule has 1 aromatic carbocycles. The van der Waals surface area contributed by atoms with Gasteiger partial charge in [-0.2, -0.15) is 0 Å². The molecule has 0 aliphatic carbocycles. The lowest BCUT2D eigenvalue weighted by Crippen LogP contribution is -2.33. The molecule has 8 heteroatoms. The standard InChI is InChI=1S/C18H23Cl2N3O3/c19-16(20)18(25)22-12-5-6-15(23-7-1-2-8-23)14(10-12)17(24)21-11-13-4-3-9-26-13/h5-6,10,13,16H,1-4,7-9,11H2,(H,21,24)(H,22,25). The number of halogens is 2. The first-order valence-electron chi connectivity index (χ1n) is 8.92. The van der Waals surface area contributed by atoms with Gasteiger partial charge in [-0.15, -0.1) is 0 Å². The van der Waals surface area contributed by atoms with E-state index in [2.05, 4.69) is 15.5 Å². The summed E-state index contributed by atoms with van der Waals surface area (Å²) >= 11 is 11.2. The van der Waals surface area contributed by atoms with Crippen molar-refractivity contribution in [2.24, 2.45) is 0 Å². The fourth-order valence-corrected chi connectivity index (χ4v) is 3.44. The Bertz CT molecular complexity index is 657. The maximum atomic E-state index is 12.8. The van der Waals surface area contributed by atoms with Crippen molar-refractivity contribution >= 4 is 46.4 Å². The van der Waals surface area contributed by atoms with Crippen LogP contribution in [-0.2, 0) is 9.53 Å². The molecule has 6 nitrogen and oxygen atoms in total. The quantitative estimate of drug-likeness (QED) is 0.721. The first-order chi connectivity index (χ1) is 12.5. The van der Waals surface area contributed by atoms with Crippen molar-refractivity contribution in [3.05, 3.63) is 23.8 Å². The van der Waals surface area contributed by atoms with Crippen molar-refractivity contribution in [2.45, 2.75) is 36.6 Å². The molecule has 0 bridgehead atoms. The van der Waals surface area contributed by atoms with E-state index in [-0.39, 0.29) is 12.0 Å². The second-order valence-electron chi connectivity index (χ2n) is 6.56. The average molecular weight is 400 g/mol. The van der Waals surface area contributed by atoms with Gasteiger partial charge < -0.3 is 20.3 Å². The number of alkyl halides is 2. The summed E-state index contributed by atoms with van der Waals surface area (Å²) in [6, 6.07) is 5.30. The summed E-state index contributed by atoms with van der Waals surface area (Å²) < 4.78 is 5.56. The number of ether oxygens (including phenoxy) is 1. The molecule has 3 rings (SSSR count). The van der Waals surface area contributed by atoms with Gasteiger partial charge in [0, 0.05) is 37.6 Å². The highest BCUT2D eigenvalue weighted by molar-refractivity contribution is 6.54. The molecule has 2 saturated heterocycles. The monoisotopic (exact) mass is 399 g/mol. The maximum Gasteiger partial charge on any atom is 0.257 e. The Labute approximate surface area is 163 Å². The number of rotatable bonds is 6. The van der Waals surface area contributed by atoms with Crippen LogP contribution in [0.2, 0.25) is 0 Å². The maximum absolute atomic E-state index is 12.8. The Morgan fingerprint density at radius 2 is 2.00 bits per heavy atom. The Morgan fingerprint density at radius 1 is 1.23 bits per heavy atom. The molecule has 2 N–H and O–H groups in total. The zero-order chi connectivity index (χ0) is 18.5. The van der Waals surface area contributed by atoms with Gasteiger partial charge in [0.15, 0.2) is 4.84 Å². The number of nitrogens with zero attached hydrogens (tertiary/aromatic N) is 1. The molecular formula is C18H23Cl2N3O3.